The minimum Gasteiger partial charge on any atom is -0.494 e. The van der Waals surface area contributed by atoms with Gasteiger partial charge < -0.3 is 16.2 Å². The zero-order chi connectivity index (χ0) is 38.7. The summed E-state index contributed by atoms with van der Waals surface area (Å²) in [6.45, 7) is 4.26. The number of hydrogen-bond acceptors (Lipinski definition) is 11. The molecule has 0 saturated heterocycles. The number of nitrogen functional groups attached to an aromatic ring is 2. The number of fused-ring (bicyclic) bond motifs is 1. The van der Waals surface area contributed by atoms with E-state index in [2.05, 4.69) is 47.9 Å². The van der Waals surface area contributed by atoms with Gasteiger partial charge in [0.05, 0.1) is 40.5 Å². The van der Waals surface area contributed by atoms with E-state index >= 15 is 0 Å². The van der Waals surface area contributed by atoms with Crippen LogP contribution in [0.5, 0.6) is 5.75 Å². The lowest BCUT2D eigenvalue weighted by Gasteiger charge is -2.25. The van der Waals surface area contributed by atoms with Gasteiger partial charge in [-0.2, -0.15) is 0 Å². The van der Waals surface area contributed by atoms with E-state index in [-0.39, 0.29) is 11.8 Å². The topological polar surface area (TPSA) is 157 Å². The van der Waals surface area contributed by atoms with Crippen LogP contribution in [0.15, 0.2) is 128 Å². The molecule has 1 aliphatic rings. The zero-order valence-electron chi connectivity index (χ0n) is 31.2. The summed E-state index contributed by atoms with van der Waals surface area (Å²) in [5.41, 5.74) is 18.8. The smallest absolute Gasteiger partial charge is 0.261 e. The van der Waals surface area contributed by atoms with Crippen LogP contribution < -0.4 is 16.2 Å². The molecule has 12 nitrogen and oxygen atoms in total. The van der Waals surface area contributed by atoms with E-state index in [9.17, 15) is 9.59 Å². The molecule has 4 aromatic heterocycles. The number of benzene rings is 2. The van der Waals surface area contributed by atoms with Crippen LogP contribution in [0.25, 0.3) is 0 Å². The molecule has 0 spiro atoms. The van der Waals surface area contributed by atoms with E-state index < -0.39 is 0 Å². The first-order valence-corrected chi connectivity index (χ1v) is 18.7. The Balaban J connectivity index is 1.11. The van der Waals surface area contributed by atoms with Gasteiger partial charge in [-0.1, -0.05) is 42.5 Å². The second kappa shape index (κ2) is 18.2. The Kier molecular flexibility index (Phi) is 12.3. The Morgan fingerprint density at radius 3 is 1.50 bits per heavy atom. The van der Waals surface area contributed by atoms with E-state index in [1.807, 2.05) is 60.7 Å². The van der Waals surface area contributed by atoms with E-state index in [0.717, 1.165) is 39.7 Å². The van der Waals surface area contributed by atoms with Crippen LogP contribution in [0.4, 0.5) is 11.6 Å². The van der Waals surface area contributed by atoms with Crippen LogP contribution in [0, 0.1) is 0 Å². The number of carbonyl (C=O) groups excluding carboxylic acids is 2. The number of hydrogen-bond donors (Lipinski definition) is 2. The average molecular weight is 748 g/mol. The van der Waals surface area contributed by atoms with Gasteiger partial charge in [0.15, 0.2) is 0 Å². The monoisotopic (exact) mass is 747 g/mol. The van der Waals surface area contributed by atoms with Crippen molar-refractivity contribution in [3.05, 3.63) is 173 Å². The summed E-state index contributed by atoms with van der Waals surface area (Å²) in [5.74, 6) is 1.21. The molecule has 56 heavy (non-hydrogen) atoms. The molecular formula is C44H45N9O3. The van der Waals surface area contributed by atoms with Crippen molar-refractivity contribution in [1.82, 2.24) is 34.6 Å². The second-order valence-electron chi connectivity index (χ2n) is 13.9. The quantitative estimate of drug-likeness (QED) is 0.0753. The Hall–Kier alpha value is -6.50. The minimum absolute atomic E-state index is 0.240. The maximum absolute atomic E-state index is 12.9. The van der Waals surface area contributed by atoms with Crippen LogP contribution in [0.2, 0.25) is 0 Å². The molecule has 6 aromatic rings. The third-order valence-electron chi connectivity index (χ3n) is 9.41. The predicted molar refractivity (Wildman–Crippen MR) is 215 cm³/mol. The number of unbranched alkanes of at least 4 members (excludes halogenated alkanes) is 1. The van der Waals surface area contributed by atoms with Crippen molar-refractivity contribution in [2.75, 3.05) is 24.6 Å². The van der Waals surface area contributed by atoms with Crippen molar-refractivity contribution in [1.29, 1.82) is 0 Å². The first kappa shape index (κ1) is 37.8. The highest BCUT2D eigenvalue weighted by Gasteiger charge is 2.34. The third-order valence-corrected chi connectivity index (χ3v) is 9.41. The molecule has 0 saturated carbocycles. The number of pyridine rings is 4. The maximum atomic E-state index is 12.9. The summed E-state index contributed by atoms with van der Waals surface area (Å²) in [4.78, 5) is 50.0. The molecule has 12 heteroatoms. The molecule has 0 bridgehead atoms. The van der Waals surface area contributed by atoms with E-state index in [0.29, 0.717) is 88.0 Å². The minimum atomic E-state index is -0.240. The van der Waals surface area contributed by atoms with E-state index in [1.165, 1.54) is 4.90 Å². The lowest BCUT2D eigenvalue weighted by atomic mass is 10.1. The summed E-state index contributed by atoms with van der Waals surface area (Å²) >= 11 is 0. The Bertz CT molecular complexity index is 2110. The summed E-state index contributed by atoms with van der Waals surface area (Å²) < 4.78 is 6.43. The summed E-state index contributed by atoms with van der Waals surface area (Å²) in [5, 5.41) is 0. The van der Waals surface area contributed by atoms with Crippen molar-refractivity contribution < 1.29 is 14.3 Å². The third kappa shape index (κ3) is 10.2. The number of amides is 2. The first-order chi connectivity index (χ1) is 27.4. The van der Waals surface area contributed by atoms with Crippen molar-refractivity contribution in [3.8, 4) is 5.75 Å². The van der Waals surface area contributed by atoms with Crippen LogP contribution in [-0.2, 0) is 39.3 Å². The number of rotatable bonds is 18. The Morgan fingerprint density at radius 1 is 0.536 bits per heavy atom. The van der Waals surface area contributed by atoms with Crippen LogP contribution >= 0.6 is 0 Å². The molecule has 0 atom stereocenters. The van der Waals surface area contributed by atoms with Crippen molar-refractivity contribution in [2.45, 2.75) is 52.1 Å². The van der Waals surface area contributed by atoms with Crippen LogP contribution in [-0.4, -0.2) is 59.6 Å². The number of aromatic nitrogens is 4. The fourth-order valence-electron chi connectivity index (χ4n) is 6.92. The fourth-order valence-corrected chi connectivity index (χ4v) is 6.92. The number of anilines is 2. The van der Waals surface area contributed by atoms with Gasteiger partial charge in [0, 0.05) is 58.2 Å². The SMILES string of the molecule is Nc1cccc(CN(Cc2cc(CN(Cc3ccccn3)Cc3cccc(N)n3)cc(OCCCCN3C(=O)c4ccccc4C3=O)c2)Cc2ccccn2)n1. The van der Waals surface area contributed by atoms with Gasteiger partial charge in [0.1, 0.15) is 17.4 Å². The van der Waals surface area contributed by atoms with Gasteiger partial charge in [0.25, 0.3) is 11.8 Å². The van der Waals surface area contributed by atoms with Crippen molar-refractivity contribution >= 4 is 23.5 Å². The van der Waals surface area contributed by atoms with Crippen LogP contribution in [0.1, 0.15) is 67.5 Å². The molecule has 2 amide bonds. The highest BCUT2D eigenvalue weighted by Crippen LogP contribution is 2.25. The van der Waals surface area contributed by atoms with Crippen LogP contribution in [0.3, 0.4) is 0 Å². The molecular weight excluding hydrogens is 703 g/mol. The Morgan fingerprint density at radius 2 is 1.02 bits per heavy atom. The summed E-state index contributed by atoms with van der Waals surface area (Å²) in [6.07, 6.45) is 4.89. The molecule has 0 unspecified atom stereocenters. The van der Waals surface area contributed by atoms with Gasteiger partial charge in [-0.3, -0.25) is 34.3 Å². The summed E-state index contributed by atoms with van der Waals surface area (Å²) in [6, 6.07) is 36.6. The molecule has 5 heterocycles. The predicted octanol–water partition coefficient (Wildman–Crippen LogP) is 6.29. The largest absolute Gasteiger partial charge is 0.494 e. The molecule has 284 valence electrons. The number of nitrogens with zero attached hydrogens (tertiary/aromatic N) is 7. The van der Waals surface area contributed by atoms with Gasteiger partial charge in [-0.25, -0.2) is 9.97 Å². The van der Waals surface area contributed by atoms with Gasteiger partial charge >= 0.3 is 0 Å². The highest BCUT2D eigenvalue weighted by atomic mass is 16.5. The molecule has 4 N–H and O–H groups in total. The number of nitrogens with two attached hydrogens (primary N) is 2. The van der Waals surface area contributed by atoms with Gasteiger partial charge in [-0.15, -0.1) is 0 Å². The number of imide groups is 1. The maximum Gasteiger partial charge on any atom is 0.261 e. The second-order valence-corrected chi connectivity index (χ2v) is 13.9. The van der Waals surface area contributed by atoms with Gasteiger partial charge in [-0.05, 0) is 96.8 Å². The Labute approximate surface area is 326 Å². The first-order valence-electron chi connectivity index (χ1n) is 18.7. The number of carbonyl (C=O) groups is 2. The highest BCUT2D eigenvalue weighted by molar-refractivity contribution is 6.21. The standard InChI is InChI=1S/C44H45N9O3/c45-41-17-9-13-36(49-41)30-51(28-34-11-3-5-19-47-34)26-32-23-33(27-52(29-35-12-4-6-20-48-35)31-37-14-10-18-42(46)50-37)25-38(24-32)56-22-8-7-21-53-43(54)39-15-1-2-16-40(39)44(53)55/h1-6,9-20,23-25H,7-8,21-22,26-31H2,(H2,45,49)(H2,46,50). The van der Waals surface area contributed by atoms with Gasteiger partial charge in [0.2, 0.25) is 0 Å². The van der Waals surface area contributed by atoms with E-state index in [4.69, 9.17) is 16.2 Å². The van der Waals surface area contributed by atoms with E-state index in [1.54, 1.807) is 48.8 Å². The molecule has 1 aliphatic heterocycles. The zero-order valence-corrected chi connectivity index (χ0v) is 31.2. The average Bonchev–Trinajstić information content (AvgIpc) is 3.43. The molecule has 0 radical (unpaired) electrons. The molecule has 0 fully saturated rings. The lowest BCUT2D eigenvalue weighted by molar-refractivity contribution is 0.0649. The molecule has 2 aromatic carbocycles. The molecule has 0 aliphatic carbocycles. The lowest BCUT2D eigenvalue weighted by Crippen LogP contribution is -2.30. The van der Waals surface area contributed by atoms with Crippen molar-refractivity contribution in [3.63, 3.8) is 0 Å². The summed E-state index contributed by atoms with van der Waals surface area (Å²) in [7, 11) is 0. The fraction of sp³-hybridized carbons (Fsp3) is 0.227. The molecule has 7 rings (SSSR count). The van der Waals surface area contributed by atoms with Crippen molar-refractivity contribution in [2.24, 2.45) is 0 Å². The normalized spacial score (nSPS) is 12.4. The number of ether oxygens (including phenoxy) is 1.